The van der Waals surface area contributed by atoms with E-state index in [-0.39, 0.29) is 12.4 Å². The Labute approximate surface area is 125 Å². The normalized spacial score (nSPS) is 10.4. The fraction of sp³-hybridized carbons (Fsp3) is 0.278. The van der Waals surface area contributed by atoms with Gasteiger partial charge in [0, 0.05) is 7.11 Å². The van der Waals surface area contributed by atoms with Crippen LogP contribution in [0.15, 0.2) is 42.5 Å². The first-order chi connectivity index (χ1) is 10.1. The van der Waals surface area contributed by atoms with Gasteiger partial charge in [-0.1, -0.05) is 41.5 Å². The van der Waals surface area contributed by atoms with Gasteiger partial charge in [-0.15, -0.1) is 0 Å². The fourth-order valence-electron chi connectivity index (χ4n) is 2.04. The molecule has 0 aliphatic carbocycles. The molecule has 0 atom stereocenters. The molecule has 2 aromatic rings. The zero-order valence-electron chi connectivity index (χ0n) is 12.7. The van der Waals surface area contributed by atoms with Crippen molar-refractivity contribution in [3.8, 4) is 5.75 Å². The summed E-state index contributed by atoms with van der Waals surface area (Å²) < 4.78 is 10.7. The monoisotopic (exact) mass is 284 g/mol. The predicted octanol–water partition coefficient (Wildman–Crippen LogP) is 3.71. The minimum Gasteiger partial charge on any atom is -0.488 e. The van der Waals surface area contributed by atoms with E-state index in [1.54, 1.807) is 0 Å². The van der Waals surface area contributed by atoms with Crippen LogP contribution in [0.1, 0.15) is 27.0 Å². The maximum absolute atomic E-state index is 12.1. The van der Waals surface area contributed by atoms with Crippen molar-refractivity contribution in [2.45, 2.75) is 20.5 Å². The van der Waals surface area contributed by atoms with E-state index in [2.05, 4.69) is 0 Å². The smallest absolute Gasteiger partial charge is 0.192 e. The molecule has 3 nitrogen and oxygen atoms in total. The second-order valence-electron chi connectivity index (χ2n) is 5.13. The maximum Gasteiger partial charge on any atom is 0.192 e. The number of hydrogen-bond donors (Lipinski definition) is 0. The minimum absolute atomic E-state index is 0.0599. The second kappa shape index (κ2) is 7.04. The summed E-state index contributed by atoms with van der Waals surface area (Å²) in [7, 11) is 1.51. The summed E-state index contributed by atoms with van der Waals surface area (Å²) in [6, 6.07) is 13.8. The number of ether oxygens (including phenoxy) is 2. The van der Waals surface area contributed by atoms with Crippen LogP contribution in [0.25, 0.3) is 0 Å². The number of carbonyl (C=O) groups is 1. The second-order valence-corrected chi connectivity index (χ2v) is 5.13. The Morgan fingerprint density at radius 2 is 1.67 bits per heavy atom. The number of carbonyl (C=O) groups excluding carboxylic acids is 1. The summed E-state index contributed by atoms with van der Waals surface area (Å²) in [5.74, 6) is 0.531. The lowest BCUT2D eigenvalue weighted by Gasteiger charge is -2.12. The Morgan fingerprint density at radius 1 is 1.00 bits per heavy atom. The third kappa shape index (κ3) is 4.17. The highest BCUT2D eigenvalue weighted by Gasteiger charge is 2.13. The van der Waals surface area contributed by atoms with Gasteiger partial charge in [0.2, 0.25) is 0 Å². The van der Waals surface area contributed by atoms with Gasteiger partial charge in [0.05, 0.1) is 5.56 Å². The highest BCUT2D eigenvalue weighted by molar-refractivity contribution is 5.99. The summed E-state index contributed by atoms with van der Waals surface area (Å²) in [6.45, 7) is 4.50. The average molecular weight is 284 g/mol. The quantitative estimate of drug-likeness (QED) is 0.759. The summed E-state index contributed by atoms with van der Waals surface area (Å²) in [5, 5.41) is 0. The van der Waals surface area contributed by atoms with Crippen molar-refractivity contribution in [1.29, 1.82) is 0 Å². The number of aryl methyl sites for hydroxylation is 2. The molecule has 21 heavy (non-hydrogen) atoms. The number of Topliss-reactive ketones (excluding diaryl/α,β-unsaturated/α-hetero) is 1. The van der Waals surface area contributed by atoms with Crippen LogP contribution in [-0.4, -0.2) is 19.5 Å². The first-order valence-corrected chi connectivity index (χ1v) is 6.91. The van der Waals surface area contributed by atoms with Crippen molar-refractivity contribution in [3.63, 3.8) is 0 Å². The lowest BCUT2D eigenvalue weighted by molar-refractivity contribution is 0.0843. The van der Waals surface area contributed by atoms with E-state index in [9.17, 15) is 4.79 Å². The summed E-state index contributed by atoms with van der Waals surface area (Å²) >= 11 is 0. The Kier molecular flexibility index (Phi) is 5.12. The molecule has 0 aliphatic rings. The van der Waals surface area contributed by atoms with Gasteiger partial charge in [0.15, 0.2) is 5.78 Å². The fourth-order valence-corrected chi connectivity index (χ4v) is 2.04. The predicted molar refractivity (Wildman–Crippen MR) is 82.9 cm³/mol. The Hall–Kier alpha value is -2.13. The molecule has 0 aliphatic heterocycles. The molecule has 0 unspecified atom stereocenters. The highest BCUT2D eigenvalue weighted by atomic mass is 16.5. The molecule has 0 radical (unpaired) electrons. The van der Waals surface area contributed by atoms with Crippen molar-refractivity contribution >= 4 is 5.78 Å². The van der Waals surface area contributed by atoms with Crippen LogP contribution in [0.3, 0.4) is 0 Å². The van der Waals surface area contributed by atoms with Crippen LogP contribution in [-0.2, 0) is 11.3 Å². The molecule has 0 N–H and O–H groups in total. The summed E-state index contributed by atoms with van der Waals surface area (Å²) in [6.07, 6.45) is 0. The van der Waals surface area contributed by atoms with Crippen LogP contribution in [0.2, 0.25) is 0 Å². The van der Waals surface area contributed by atoms with E-state index in [0.29, 0.717) is 17.9 Å². The molecule has 0 saturated carbocycles. The van der Waals surface area contributed by atoms with Gasteiger partial charge < -0.3 is 9.47 Å². The maximum atomic E-state index is 12.1. The first kappa shape index (κ1) is 15.3. The zero-order valence-corrected chi connectivity index (χ0v) is 12.7. The summed E-state index contributed by atoms with van der Waals surface area (Å²) in [4.78, 5) is 12.1. The molecule has 0 fully saturated rings. The number of benzene rings is 2. The Bertz CT molecular complexity index is 615. The third-order valence-electron chi connectivity index (χ3n) is 3.23. The van der Waals surface area contributed by atoms with Crippen molar-refractivity contribution in [3.05, 3.63) is 64.7 Å². The molecular weight excluding hydrogens is 264 g/mol. The van der Waals surface area contributed by atoms with Gasteiger partial charge in [-0.3, -0.25) is 4.79 Å². The van der Waals surface area contributed by atoms with Crippen molar-refractivity contribution in [1.82, 2.24) is 0 Å². The third-order valence-corrected chi connectivity index (χ3v) is 3.23. The molecule has 0 aromatic heterocycles. The molecule has 110 valence electrons. The van der Waals surface area contributed by atoms with Crippen molar-refractivity contribution in [2.24, 2.45) is 0 Å². The Morgan fingerprint density at radius 3 is 2.33 bits per heavy atom. The average Bonchev–Trinajstić information content (AvgIpc) is 2.48. The SMILES string of the molecule is COCC(=O)c1cc(C)ccc1OCc1ccc(C)cc1. The van der Waals surface area contributed by atoms with Gasteiger partial charge in [-0.05, 0) is 31.5 Å². The van der Waals surface area contributed by atoms with Crippen LogP contribution >= 0.6 is 0 Å². The summed E-state index contributed by atoms with van der Waals surface area (Å²) in [5.41, 5.74) is 3.89. The number of rotatable bonds is 6. The number of methoxy groups -OCH3 is 1. The van der Waals surface area contributed by atoms with Gasteiger partial charge in [-0.2, -0.15) is 0 Å². The standard InChI is InChI=1S/C18H20O3/c1-13-4-7-15(8-5-13)11-21-18-9-6-14(2)10-16(18)17(19)12-20-3/h4-10H,11-12H2,1-3H3. The van der Waals surface area contributed by atoms with Crippen LogP contribution in [0.5, 0.6) is 5.75 Å². The topological polar surface area (TPSA) is 35.5 Å². The molecule has 0 heterocycles. The van der Waals surface area contributed by atoms with E-state index < -0.39 is 0 Å². The molecule has 0 bridgehead atoms. The number of ketones is 1. The molecular formula is C18H20O3. The van der Waals surface area contributed by atoms with Crippen LogP contribution < -0.4 is 4.74 Å². The van der Waals surface area contributed by atoms with E-state index in [1.807, 2.05) is 56.3 Å². The lowest BCUT2D eigenvalue weighted by Crippen LogP contribution is -2.10. The van der Waals surface area contributed by atoms with Crippen molar-refractivity contribution in [2.75, 3.05) is 13.7 Å². The molecule has 0 spiro atoms. The van der Waals surface area contributed by atoms with Gasteiger partial charge in [0.25, 0.3) is 0 Å². The zero-order chi connectivity index (χ0) is 15.2. The first-order valence-electron chi connectivity index (χ1n) is 6.91. The molecule has 2 aromatic carbocycles. The van der Waals surface area contributed by atoms with E-state index in [4.69, 9.17) is 9.47 Å². The minimum atomic E-state index is -0.0693. The van der Waals surface area contributed by atoms with E-state index >= 15 is 0 Å². The van der Waals surface area contributed by atoms with Crippen LogP contribution in [0, 0.1) is 13.8 Å². The molecule has 0 saturated heterocycles. The van der Waals surface area contributed by atoms with Gasteiger partial charge >= 0.3 is 0 Å². The molecule has 0 amide bonds. The van der Waals surface area contributed by atoms with E-state index in [1.165, 1.54) is 12.7 Å². The number of hydrogen-bond acceptors (Lipinski definition) is 3. The van der Waals surface area contributed by atoms with Crippen molar-refractivity contribution < 1.29 is 14.3 Å². The largest absolute Gasteiger partial charge is 0.488 e. The molecule has 2 rings (SSSR count). The highest BCUT2D eigenvalue weighted by Crippen LogP contribution is 2.22. The lowest BCUT2D eigenvalue weighted by atomic mass is 10.1. The van der Waals surface area contributed by atoms with Gasteiger partial charge in [0.1, 0.15) is 19.0 Å². The van der Waals surface area contributed by atoms with Crippen LogP contribution in [0.4, 0.5) is 0 Å². The molecule has 3 heteroatoms. The Balaban J connectivity index is 2.15. The van der Waals surface area contributed by atoms with Gasteiger partial charge in [-0.25, -0.2) is 0 Å². The van der Waals surface area contributed by atoms with E-state index in [0.717, 1.165) is 11.1 Å².